The van der Waals surface area contributed by atoms with E-state index in [0.717, 1.165) is 28.4 Å². The summed E-state index contributed by atoms with van der Waals surface area (Å²) in [5.74, 6) is -0.668. The minimum Gasteiger partial charge on any atom is -0.341 e. The van der Waals surface area contributed by atoms with E-state index in [0.29, 0.717) is 12.1 Å². The van der Waals surface area contributed by atoms with Crippen molar-refractivity contribution >= 4 is 54.9 Å². The van der Waals surface area contributed by atoms with Gasteiger partial charge in [0.25, 0.3) is 5.91 Å². The van der Waals surface area contributed by atoms with Gasteiger partial charge in [-0.1, -0.05) is 18.2 Å². The average Bonchev–Trinajstić information content (AvgIpc) is 3.30. The van der Waals surface area contributed by atoms with Crippen molar-refractivity contribution in [1.82, 2.24) is 9.58 Å². The Hall–Kier alpha value is -3.20. The summed E-state index contributed by atoms with van der Waals surface area (Å²) in [6.07, 6.45) is 0.731. The lowest BCUT2D eigenvalue weighted by Crippen LogP contribution is -2.42. The van der Waals surface area contributed by atoms with E-state index < -0.39 is 15.9 Å². The summed E-state index contributed by atoms with van der Waals surface area (Å²) in [5, 5.41) is 10.5. The molecule has 32 heavy (non-hydrogen) atoms. The second-order valence-corrected chi connectivity index (χ2v) is 10.5. The number of para-hydroxylation sites is 1. The fourth-order valence-corrected chi connectivity index (χ4v) is 6.36. The van der Waals surface area contributed by atoms with E-state index in [1.165, 1.54) is 5.01 Å². The number of aryl methyl sites for hydroxylation is 1. The van der Waals surface area contributed by atoms with Crippen molar-refractivity contribution in [2.45, 2.75) is 38.8 Å². The number of hydrogen-bond donors (Lipinski definition) is 1. The Morgan fingerprint density at radius 1 is 1.12 bits per heavy atom. The van der Waals surface area contributed by atoms with Crippen molar-refractivity contribution in [3.63, 3.8) is 0 Å². The first-order valence-electron chi connectivity index (χ1n) is 10.8. The van der Waals surface area contributed by atoms with Gasteiger partial charge in [0.2, 0.25) is 5.91 Å². The van der Waals surface area contributed by atoms with Crippen LogP contribution in [-0.2, 0) is 26.0 Å². The molecule has 8 nitrogen and oxygen atoms in total. The Balaban J connectivity index is 1.42. The van der Waals surface area contributed by atoms with E-state index in [1.54, 1.807) is 0 Å². The number of rotatable bonds is 4. The van der Waals surface area contributed by atoms with Gasteiger partial charge in [-0.3, -0.25) is 9.59 Å². The Bertz CT molecular complexity index is 1390. The molecule has 0 aliphatic carbocycles. The van der Waals surface area contributed by atoms with Crippen LogP contribution in [0.5, 0.6) is 0 Å². The lowest BCUT2D eigenvalue weighted by atomic mass is 10.1. The van der Waals surface area contributed by atoms with Gasteiger partial charge in [0.1, 0.15) is 5.71 Å². The monoisotopic (exact) mass is 452 g/mol. The van der Waals surface area contributed by atoms with Crippen LogP contribution in [0.25, 0.3) is 21.8 Å². The van der Waals surface area contributed by atoms with Crippen molar-refractivity contribution in [3.05, 3.63) is 42.5 Å². The minimum absolute atomic E-state index is 0.0455. The molecule has 0 spiro atoms. The first-order valence-corrected chi connectivity index (χ1v) is 12.6. The van der Waals surface area contributed by atoms with Gasteiger partial charge >= 0.3 is 0 Å². The largest absolute Gasteiger partial charge is 0.341 e. The molecular weight excluding hydrogens is 428 g/mol. The summed E-state index contributed by atoms with van der Waals surface area (Å²) in [6, 6.07) is 13.5. The molecule has 166 valence electrons. The van der Waals surface area contributed by atoms with Crippen LogP contribution in [0.1, 0.15) is 26.2 Å². The zero-order valence-corrected chi connectivity index (χ0v) is 18.6. The van der Waals surface area contributed by atoms with E-state index in [-0.39, 0.29) is 41.9 Å². The molecule has 3 aromatic rings. The summed E-state index contributed by atoms with van der Waals surface area (Å²) < 4.78 is 25.8. The number of amides is 2. The molecule has 9 heteroatoms. The fraction of sp³-hybridized carbons (Fsp3) is 0.348. The summed E-state index contributed by atoms with van der Waals surface area (Å²) in [4.78, 5) is 25.2. The van der Waals surface area contributed by atoms with Crippen LogP contribution >= 0.6 is 0 Å². The predicted molar refractivity (Wildman–Crippen MR) is 124 cm³/mol. The van der Waals surface area contributed by atoms with E-state index in [2.05, 4.69) is 34.0 Å². The summed E-state index contributed by atoms with van der Waals surface area (Å²) in [6.45, 7) is 2.94. The second kappa shape index (κ2) is 7.74. The van der Waals surface area contributed by atoms with Gasteiger partial charge < -0.3 is 9.88 Å². The molecule has 1 N–H and O–H groups in total. The number of anilines is 1. The quantitative estimate of drug-likeness (QED) is 0.658. The molecule has 0 saturated carbocycles. The number of fused-ring (bicyclic) bond motifs is 3. The SMILES string of the molecule is CCn1c2ccccc2c2cc(NC(=O)C3=NN([C@H]4CCS(=O)(=O)C4)C(=O)CC3)ccc21. The highest BCUT2D eigenvalue weighted by atomic mass is 32.2. The minimum atomic E-state index is -3.16. The van der Waals surface area contributed by atoms with Crippen molar-refractivity contribution in [2.75, 3.05) is 16.8 Å². The van der Waals surface area contributed by atoms with Crippen LogP contribution in [0.2, 0.25) is 0 Å². The molecule has 2 aliphatic rings. The van der Waals surface area contributed by atoms with Gasteiger partial charge in [-0.15, -0.1) is 0 Å². The standard InChI is InChI=1S/C23H24N4O4S/c1-2-26-20-6-4-3-5-17(20)18-13-15(7-9-21(18)26)24-23(29)19-8-10-22(28)27(25-19)16-11-12-32(30,31)14-16/h3-7,9,13,16H,2,8,10-12,14H2,1H3,(H,24,29)/t16-/m0/s1. The lowest BCUT2D eigenvalue weighted by Gasteiger charge is -2.27. The smallest absolute Gasteiger partial charge is 0.271 e. The average molecular weight is 453 g/mol. The highest BCUT2D eigenvalue weighted by Gasteiger charge is 2.37. The van der Waals surface area contributed by atoms with Gasteiger partial charge in [0, 0.05) is 46.9 Å². The maximum atomic E-state index is 12.9. The van der Waals surface area contributed by atoms with Crippen LogP contribution in [-0.4, -0.2) is 53.1 Å². The van der Waals surface area contributed by atoms with Crippen LogP contribution in [0.15, 0.2) is 47.6 Å². The second-order valence-electron chi connectivity index (χ2n) is 8.29. The number of hydrogen-bond acceptors (Lipinski definition) is 5. The third-order valence-electron chi connectivity index (χ3n) is 6.22. The Morgan fingerprint density at radius 3 is 2.66 bits per heavy atom. The van der Waals surface area contributed by atoms with Gasteiger partial charge in [-0.25, -0.2) is 13.4 Å². The number of nitrogens with zero attached hydrogens (tertiary/aromatic N) is 3. The molecule has 1 aromatic heterocycles. The number of carbonyl (C=O) groups excluding carboxylic acids is 2. The van der Waals surface area contributed by atoms with Gasteiger partial charge in [0.05, 0.1) is 17.5 Å². The molecule has 3 heterocycles. The Kier molecular flexibility index (Phi) is 5.00. The molecule has 0 unspecified atom stereocenters. The van der Waals surface area contributed by atoms with Gasteiger partial charge in [-0.05, 0) is 37.6 Å². The van der Waals surface area contributed by atoms with Crippen molar-refractivity contribution in [2.24, 2.45) is 5.10 Å². The number of sulfone groups is 1. The third kappa shape index (κ3) is 3.56. The summed E-state index contributed by atoms with van der Waals surface area (Å²) in [5.41, 5.74) is 3.13. The first-order chi connectivity index (χ1) is 15.4. The molecule has 0 radical (unpaired) electrons. The molecule has 5 rings (SSSR count). The van der Waals surface area contributed by atoms with Crippen LogP contribution < -0.4 is 5.32 Å². The molecule has 0 bridgehead atoms. The van der Waals surface area contributed by atoms with Crippen LogP contribution in [0.3, 0.4) is 0 Å². The van der Waals surface area contributed by atoms with Crippen LogP contribution in [0.4, 0.5) is 5.69 Å². The molecule has 2 amide bonds. The molecular formula is C23H24N4O4S. The van der Waals surface area contributed by atoms with E-state index in [1.807, 2.05) is 30.3 Å². The Morgan fingerprint density at radius 2 is 1.91 bits per heavy atom. The first kappa shape index (κ1) is 20.7. The molecule has 2 aliphatic heterocycles. The predicted octanol–water partition coefficient (Wildman–Crippen LogP) is 2.92. The van der Waals surface area contributed by atoms with Crippen molar-refractivity contribution in [1.29, 1.82) is 0 Å². The number of benzene rings is 2. The highest BCUT2D eigenvalue weighted by molar-refractivity contribution is 7.91. The van der Waals surface area contributed by atoms with Crippen molar-refractivity contribution < 1.29 is 18.0 Å². The lowest BCUT2D eigenvalue weighted by molar-refractivity contribution is -0.133. The number of aromatic nitrogens is 1. The van der Waals surface area contributed by atoms with E-state index in [4.69, 9.17) is 0 Å². The zero-order valence-electron chi connectivity index (χ0n) is 17.7. The molecule has 1 saturated heterocycles. The van der Waals surface area contributed by atoms with Crippen LogP contribution in [0, 0.1) is 0 Å². The van der Waals surface area contributed by atoms with E-state index in [9.17, 15) is 18.0 Å². The third-order valence-corrected chi connectivity index (χ3v) is 7.97. The zero-order chi connectivity index (χ0) is 22.5. The fourth-order valence-electron chi connectivity index (χ4n) is 4.66. The van der Waals surface area contributed by atoms with Gasteiger partial charge in [-0.2, -0.15) is 5.10 Å². The summed E-state index contributed by atoms with van der Waals surface area (Å²) >= 11 is 0. The highest BCUT2D eigenvalue weighted by Crippen LogP contribution is 2.31. The molecule has 2 aromatic carbocycles. The summed E-state index contributed by atoms with van der Waals surface area (Å²) in [7, 11) is -3.16. The van der Waals surface area contributed by atoms with E-state index >= 15 is 0 Å². The van der Waals surface area contributed by atoms with Crippen molar-refractivity contribution in [3.8, 4) is 0 Å². The van der Waals surface area contributed by atoms with Gasteiger partial charge in [0.15, 0.2) is 9.84 Å². The number of carbonyl (C=O) groups is 2. The number of hydrazone groups is 1. The Labute approximate surface area is 185 Å². The molecule has 1 fully saturated rings. The molecule has 1 atom stereocenters. The maximum Gasteiger partial charge on any atom is 0.271 e. The number of nitrogens with one attached hydrogen (secondary N) is 1. The normalized spacial score (nSPS) is 20.7. The maximum absolute atomic E-state index is 12.9. The topological polar surface area (TPSA) is 101 Å².